The predicted octanol–water partition coefficient (Wildman–Crippen LogP) is 3.09. The van der Waals surface area contributed by atoms with Gasteiger partial charge in [0.25, 0.3) is 5.91 Å². The quantitative estimate of drug-likeness (QED) is 0.864. The van der Waals surface area contributed by atoms with Gasteiger partial charge in [-0.25, -0.2) is 4.79 Å². The third kappa shape index (κ3) is 4.18. The fourth-order valence-corrected chi connectivity index (χ4v) is 2.89. The van der Waals surface area contributed by atoms with Crippen LogP contribution in [-0.2, 0) is 11.3 Å². The number of carbonyl (C=O) groups excluding carboxylic acids is 2. The van der Waals surface area contributed by atoms with Crippen LogP contribution in [0.5, 0.6) is 0 Å². The average Bonchev–Trinajstić information content (AvgIpc) is 2.67. The Hall–Kier alpha value is -2.82. The summed E-state index contributed by atoms with van der Waals surface area (Å²) in [6, 6.07) is 17.2. The summed E-state index contributed by atoms with van der Waals surface area (Å²) in [5.41, 5.74) is 2.66. The molecule has 0 bridgehead atoms. The molecule has 1 heterocycles. The summed E-state index contributed by atoms with van der Waals surface area (Å²) in [6.45, 7) is 4.23. The topological polar surface area (TPSA) is 49.9 Å². The molecule has 2 amide bonds. The Bertz CT molecular complexity index is 738. The van der Waals surface area contributed by atoms with E-state index >= 15 is 0 Å². The van der Waals surface area contributed by atoms with Gasteiger partial charge in [-0.05, 0) is 24.1 Å². The molecule has 0 aliphatic carbocycles. The van der Waals surface area contributed by atoms with Crippen LogP contribution >= 0.6 is 0 Å². The third-order valence-corrected chi connectivity index (χ3v) is 4.41. The van der Waals surface area contributed by atoms with Crippen LogP contribution in [-0.4, -0.2) is 48.0 Å². The Morgan fingerprint density at radius 1 is 0.880 bits per heavy atom. The first-order chi connectivity index (χ1) is 12.1. The van der Waals surface area contributed by atoms with Crippen LogP contribution in [0.2, 0.25) is 0 Å². The Morgan fingerprint density at radius 2 is 1.48 bits per heavy atom. The van der Waals surface area contributed by atoms with Crippen LogP contribution in [0.25, 0.3) is 0 Å². The van der Waals surface area contributed by atoms with Crippen LogP contribution in [0, 0.1) is 6.92 Å². The van der Waals surface area contributed by atoms with E-state index in [0.29, 0.717) is 26.2 Å². The Labute approximate surface area is 147 Å². The van der Waals surface area contributed by atoms with Crippen molar-refractivity contribution in [1.82, 2.24) is 9.80 Å². The van der Waals surface area contributed by atoms with E-state index in [9.17, 15) is 9.59 Å². The summed E-state index contributed by atoms with van der Waals surface area (Å²) < 4.78 is 5.35. The van der Waals surface area contributed by atoms with E-state index in [1.54, 1.807) is 9.80 Å². The summed E-state index contributed by atoms with van der Waals surface area (Å²) in [7, 11) is 0. The number of carbonyl (C=O) groups is 2. The van der Waals surface area contributed by atoms with Gasteiger partial charge in [0.2, 0.25) is 0 Å². The number of benzene rings is 2. The van der Waals surface area contributed by atoms with Crippen LogP contribution in [0.3, 0.4) is 0 Å². The highest BCUT2D eigenvalue weighted by Gasteiger charge is 2.26. The molecule has 5 heteroatoms. The van der Waals surface area contributed by atoms with Crippen molar-refractivity contribution < 1.29 is 14.3 Å². The molecule has 3 rings (SSSR count). The van der Waals surface area contributed by atoms with Gasteiger partial charge in [-0.1, -0.05) is 48.5 Å². The van der Waals surface area contributed by atoms with Crippen molar-refractivity contribution in [2.75, 3.05) is 26.2 Å². The van der Waals surface area contributed by atoms with Gasteiger partial charge < -0.3 is 14.5 Å². The van der Waals surface area contributed by atoms with Gasteiger partial charge in [0.05, 0.1) is 0 Å². The van der Waals surface area contributed by atoms with E-state index in [0.717, 1.165) is 16.7 Å². The fourth-order valence-electron chi connectivity index (χ4n) is 2.89. The van der Waals surface area contributed by atoms with Crippen LogP contribution in [0.1, 0.15) is 21.5 Å². The maximum absolute atomic E-state index is 12.6. The summed E-state index contributed by atoms with van der Waals surface area (Å²) in [6.07, 6.45) is -0.327. The number of nitrogens with zero attached hydrogens (tertiary/aromatic N) is 2. The van der Waals surface area contributed by atoms with Crippen molar-refractivity contribution in [2.24, 2.45) is 0 Å². The Balaban J connectivity index is 1.50. The molecular weight excluding hydrogens is 316 g/mol. The molecule has 1 saturated heterocycles. The van der Waals surface area contributed by atoms with Gasteiger partial charge in [-0.15, -0.1) is 0 Å². The molecule has 2 aromatic carbocycles. The number of hydrogen-bond donors (Lipinski definition) is 0. The zero-order chi connectivity index (χ0) is 17.6. The third-order valence-electron chi connectivity index (χ3n) is 4.41. The molecule has 0 saturated carbocycles. The van der Waals surface area contributed by atoms with Crippen molar-refractivity contribution in [3.8, 4) is 0 Å². The minimum atomic E-state index is -0.327. The van der Waals surface area contributed by atoms with E-state index in [2.05, 4.69) is 0 Å². The standard InChI is InChI=1S/C20H22N2O3/c1-16-7-5-6-10-18(16)19(23)21-11-13-22(14-12-21)20(24)25-15-17-8-3-2-4-9-17/h2-10H,11-15H2,1H3. The van der Waals surface area contributed by atoms with Gasteiger partial charge >= 0.3 is 6.09 Å². The monoisotopic (exact) mass is 338 g/mol. The van der Waals surface area contributed by atoms with Crippen LogP contribution in [0.15, 0.2) is 54.6 Å². The Morgan fingerprint density at radius 3 is 2.16 bits per heavy atom. The van der Waals surface area contributed by atoms with Gasteiger partial charge in [0.15, 0.2) is 0 Å². The second kappa shape index (κ2) is 7.83. The van der Waals surface area contributed by atoms with Crippen LogP contribution in [0.4, 0.5) is 4.79 Å². The number of rotatable bonds is 3. The van der Waals surface area contributed by atoms with E-state index < -0.39 is 0 Å². The van der Waals surface area contributed by atoms with E-state index in [4.69, 9.17) is 4.74 Å². The average molecular weight is 338 g/mol. The predicted molar refractivity (Wildman–Crippen MR) is 95.3 cm³/mol. The minimum absolute atomic E-state index is 0.0235. The first-order valence-electron chi connectivity index (χ1n) is 8.45. The molecule has 1 fully saturated rings. The second-order valence-corrected chi connectivity index (χ2v) is 6.13. The summed E-state index contributed by atoms with van der Waals surface area (Å²) in [5, 5.41) is 0. The fraction of sp³-hybridized carbons (Fsp3) is 0.300. The van der Waals surface area contributed by atoms with Crippen molar-refractivity contribution in [3.63, 3.8) is 0 Å². The first kappa shape index (κ1) is 17.0. The van der Waals surface area contributed by atoms with Crippen molar-refractivity contribution in [3.05, 3.63) is 71.3 Å². The van der Waals surface area contributed by atoms with Gasteiger partial charge in [-0.2, -0.15) is 0 Å². The van der Waals surface area contributed by atoms with E-state index in [-0.39, 0.29) is 18.6 Å². The molecule has 0 atom stereocenters. The number of aryl methyl sites for hydroxylation is 1. The first-order valence-corrected chi connectivity index (χ1v) is 8.45. The lowest BCUT2D eigenvalue weighted by Gasteiger charge is -2.34. The van der Waals surface area contributed by atoms with Gasteiger partial charge in [0.1, 0.15) is 6.61 Å². The molecular formula is C20H22N2O3. The van der Waals surface area contributed by atoms with E-state index in [1.807, 2.05) is 61.5 Å². The molecule has 0 N–H and O–H groups in total. The van der Waals surface area contributed by atoms with E-state index in [1.165, 1.54) is 0 Å². The maximum atomic E-state index is 12.6. The molecule has 25 heavy (non-hydrogen) atoms. The smallest absolute Gasteiger partial charge is 0.410 e. The lowest BCUT2D eigenvalue weighted by molar-refractivity contribution is 0.0543. The Kier molecular flexibility index (Phi) is 5.33. The molecule has 2 aromatic rings. The van der Waals surface area contributed by atoms with Crippen LogP contribution < -0.4 is 0 Å². The van der Waals surface area contributed by atoms with Crippen molar-refractivity contribution in [1.29, 1.82) is 0 Å². The SMILES string of the molecule is Cc1ccccc1C(=O)N1CCN(C(=O)OCc2ccccc2)CC1. The molecule has 1 aliphatic heterocycles. The molecule has 0 radical (unpaired) electrons. The summed E-state index contributed by atoms with van der Waals surface area (Å²) in [4.78, 5) is 28.2. The minimum Gasteiger partial charge on any atom is -0.445 e. The largest absolute Gasteiger partial charge is 0.445 e. The molecule has 0 spiro atoms. The lowest BCUT2D eigenvalue weighted by atomic mass is 10.1. The molecule has 1 aliphatic rings. The maximum Gasteiger partial charge on any atom is 0.410 e. The number of piperazine rings is 1. The highest BCUT2D eigenvalue weighted by molar-refractivity contribution is 5.95. The normalized spacial score (nSPS) is 14.3. The van der Waals surface area contributed by atoms with Crippen molar-refractivity contribution >= 4 is 12.0 Å². The number of hydrogen-bond acceptors (Lipinski definition) is 3. The highest BCUT2D eigenvalue weighted by Crippen LogP contribution is 2.13. The van der Waals surface area contributed by atoms with Crippen molar-refractivity contribution in [2.45, 2.75) is 13.5 Å². The summed E-state index contributed by atoms with van der Waals surface area (Å²) >= 11 is 0. The van der Waals surface area contributed by atoms with Gasteiger partial charge in [0, 0.05) is 31.7 Å². The second-order valence-electron chi connectivity index (χ2n) is 6.13. The number of ether oxygens (including phenoxy) is 1. The molecule has 0 aromatic heterocycles. The highest BCUT2D eigenvalue weighted by atomic mass is 16.6. The number of amides is 2. The zero-order valence-corrected chi connectivity index (χ0v) is 14.4. The zero-order valence-electron chi connectivity index (χ0n) is 14.4. The summed E-state index contributed by atoms with van der Waals surface area (Å²) in [5.74, 6) is 0.0235. The molecule has 0 unspecified atom stereocenters. The lowest BCUT2D eigenvalue weighted by Crippen LogP contribution is -2.50. The van der Waals surface area contributed by atoms with Gasteiger partial charge in [-0.3, -0.25) is 4.79 Å². The molecule has 5 nitrogen and oxygen atoms in total. The molecule has 130 valence electrons.